The van der Waals surface area contributed by atoms with Gasteiger partial charge in [-0.15, -0.1) is 0 Å². The van der Waals surface area contributed by atoms with Crippen LogP contribution in [0.3, 0.4) is 0 Å². The number of carboxylic acids is 1. The van der Waals surface area contributed by atoms with Crippen LogP contribution in [-0.2, 0) is 4.79 Å². The number of hydrogen-bond donors (Lipinski definition) is 1. The molecule has 88 valence electrons. The highest BCUT2D eigenvalue weighted by atomic mass is 16.4. The molecule has 0 aromatic carbocycles. The molecule has 0 heterocycles. The van der Waals surface area contributed by atoms with Crippen molar-refractivity contribution in [1.29, 1.82) is 0 Å². The van der Waals surface area contributed by atoms with Crippen molar-refractivity contribution in [2.24, 2.45) is 10.8 Å². The fourth-order valence-electron chi connectivity index (χ4n) is 3.19. The smallest absolute Gasteiger partial charge is 0.303 e. The van der Waals surface area contributed by atoms with E-state index in [4.69, 9.17) is 5.11 Å². The summed E-state index contributed by atoms with van der Waals surface area (Å²) in [6.45, 7) is 6.70. The van der Waals surface area contributed by atoms with Gasteiger partial charge in [0.2, 0.25) is 0 Å². The number of hydrogen-bond acceptors (Lipinski definition) is 1. The van der Waals surface area contributed by atoms with Crippen LogP contribution in [-0.4, -0.2) is 11.1 Å². The Hall–Kier alpha value is -0.530. The lowest BCUT2D eigenvalue weighted by atomic mass is 9.67. The van der Waals surface area contributed by atoms with Crippen LogP contribution in [0.1, 0.15) is 65.7 Å². The van der Waals surface area contributed by atoms with Crippen LogP contribution >= 0.6 is 0 Å². The van der Waals surface area contributed by atoms with Crippen LogP contribution in [0.5, 0.6) is 0 Å². The molecule has 1 N–H and O–H groups in total. The van der Waals surface area contributed by atoms with Gasteiger partial charge in [0.05, 0.1) is 6.42 Å². The summed E-state index contributed by atoms with van der Waals surface area (Å²) < 4.78 is 0. The Morgan fingerprint density at radius 2 is 1.73 bits per heavy atom. The third-order valence-electron chi connectivity index (χ3n) is 4.23. The average Bonchev–Trinajstić information content (AvgIpc) is 2.85. The largest absolute Gasteiger partial charge is 0.481 e. The van der Waals surface area contributed by atoms with E-state index in [-0.39, 0.29) is 10.8 Å². The quantitative estimate of drug-likeness (QED) is 0.696. The molecule has 0 atom stereocenters. The lowest BCUT2D eigenvalue weighted by Gasteiger charge is -2.38. The highest BCUT2D eigenvalue weighted by molar-refractivity contribution is 5.68. The minimum atomic E-state index is -0.620. The van der Waals surface area contributed by atoms with Crippen molar-refractivity contribution in [2.45, 2.75) is 65.7 Å². The zero-order valence-corrected chi connectivity index (χ0v) is 10.3. The van der Waals surface area contributed by atoms with Gasteiger partial charge in [-0.3, -0.25) is 4.79 Å². The molecule has 15 heavy (non-hydrogen) atoms. The van der Waals surface area contributed by atoms with Gasteiger partial charge in [0, 0.05) is 0 Å². The van der Waals surface area contributed by atoms with E-state index in [2.05, 4.69) is 20.8 Å². The Morgan fingerprint density at radius 3 is 2.00 bits per heavy atom. The van der Waals surface area contributed by atoms with E-state index in [0.717, 1.165) is 25.7 Å². The Bertz CT molecular complexity index is 223. The van der Waals surface area contributed by atoms with Crippen molar-refractivity contribution >= 4 is 5.97 Å². The molecule has 1 aliphatic rings. The van der Waals surface area contributed by atoms with Crippen molar-refractivity contribution in [3.8, 4) is 0 Å². The number of aliphatic carboxylic acids is 1. The van der Waals surface area contributed by atoms with Gasteiger partial charge in [-0.25, -0.2) is 0 Å². The summed E-state index contributed by atoms with van der Waals surface area (Å²) >= 11 is 0. The topological polar surface area (TPSA) is 37.3 Å². The van der Waals surface area contributed by atoms with Crippen LogP contribution in [0.15, 0.2) is 0 Å². The molecule has 1 fully saturated rings. The molecule has 1 saturated carbocycles. The minimum Gasteiger partial charge on any atom is -0.481 e. The summed E-state index contributed by atoms with van der Waals surface area (Å²) in [4.78, 5) is 10.9. The first-order valence-corrected chi connectivity index (χ1v) is 6.21. The summed E-state index contributed by atoms with van der Waals surface area (Å²) in [6.07, 6.45) is 7.30. The van der Waals surface area contributed by atoms with Gasteiger partial charge >= 0.3 is 5.97 Å². The third kappa shape index (κ3) is 2.53. The third-order valence-corrected chi connectivity index (χ3v) is 4.23. The molecule has 0 radical (unpaired) electrons. The Balaban J connectivity index is 2.74. The lowest BCUT2D eigenvalue weighted by molar-refractivity contribution is -0.140. The molecule has 0 aliphatic heterocycles. The predicted octanol–water partition coefficient (Wildman–Crippen LogP) is 3.85. The summed E-state index contributed by atoms with van der Waals surface area (Å²) in [5.74, 6) is -0.620. The van der Waals surface area contributed by atoms with Gasteiger partial charge in [-0.05, 0) is 36.5 Å². The van der Waals surface area contributed by atoms with Gasteiger partial charge < -0.3 is 5.11 Å². The van der Waals surface area contributed by atoms with Gasteiger partial charge in [0.25, 0.3) is 0 Å². The SMILES string of the molecule is CCCC(C)(CCC)C1(CC(=O)O)CC1. The van der Waals surface area contributed by atoms with Crippen molar-refractivity contribution in [2.75, 3.05) is 0 Å². The number of carbonyl (C=O) groups is 1. The molecule has 0 unspecified atom stereocenters. The molecule has 0 saturated heterocycles. The van der Waals surface area contributed by atoms with Crippen molar-refractivity contribution in [1.82, 2.24) is 0 Å². The zero-order chi connectivity index (χ0) is 11.5. The highest BCUT2D eigenvalue weighted by Gasteiger charge is 2.56. The zero-order valence-electron chi connectivity index (χ0n) is 10.3. The van der Waals surface area contributed by atoms with Crippen LogP contribution in [0, 0.1) is 10.8 Å². The monoisotopic (exact) mass is 212 g/mol. The van der Waals surface area contributed by atoms with Gasteiger partial charge in [0.15, 0.2) is 0 Å². The summed E-state index contributed by atoms with van der Waals surface area (Å²) in [5.41, 5.74) is 0.389. The van der Waals surface area contributed by atoms with Crippen LogP contribution < -0.4 is 0 Å². The first kappa shape index (κ1) is 12.5. The maximum Gasteiger partial charge on any atom is 0.303 e. The maximum atomic E-state index is 10.9. The fourth-order valence-corrected chi connectivity index (χ4v) is 3.19. The Kier molecular flexibility index (Phi) is 3.80. The van der Waals surface area contributed by atoms with E-state index in [1.807, 2.05) is 0 Å². The second kappa shape index (κ2) is 4.54. The van der Waals surface area contributed by atoms with E-state index < -0.39 is 5.97 Å². The summed E-state index contributed by atoms with van der Waals surface area (Å²) in [5, 5.41) is 8.99. The standard InChI is InChI=1S/C13H24O2/c1-4-6-12(3,7-5-2)13(8-9-13)10-11(14)15/h4-10H2,1-3H3,(H,14,15). The first-order chi connectivity index (χ1) is 6.99. The van der Waals surface area contributed by atoms with Crippen LogP contribution in [0.2, 0.25) is 0 Å². The molecule has 2 nitrogen and oxygen atoms in total. The molecular formula is C13H24O2. The second-order valence-corrected chi connectivity index (χ2v) is 5.41. The minimum absolute atomic E-state index is 0.130. The van der Waals surface area contributed by atoms with Crippen molar-refractivity contribution in [3.63, 3.8) is 0 Å². The second-order valence-electron chi connectivity index (χ2n) is 5.41. The Labute approximate surface area is 93.1 Å². The van der Waals surface area contributed by atoms with E-state index >= 15 is 0 Å². The maximum absolute atomic E-state index is 10.9. The number of carboxylic acid groups (broad SMARTS) is 1. The number of rotatable bonds is 7. The molecule has 1 rings (SSSR count). The summed E-state index contributed by atoms with van der Waals surface area (Å²) in [7, 11) is 0. The van der Waals surface area contributed by atoms with E-state index in [1.165, 1.54) is 12.8 Å². The van der Waals surface area contributed by atoms with Gasteiger partial charge in [-0.1, -0.05) is 33.6 Å². The predicted molar refractivity (Wildman–Crippen MR) is 61.8 cm³/mol. The fraction of sp³-hybridized carbons (Fsp3) is 0.923. The molecule has 0 aromatic rings. The molecule has 0 aromatic heterocycles. The van der Waals surface area contributed by atoms with E-state index in [1.54, 1.807) is 0 Å². The Morgan fingerprint density at radius 1 is 1.27 bits per heavy atom. The molecule has 2 heteroatoms. The summed E-state index contributed by atoms with van der Waals surface area (Å²) in [6, 6.07) is 0. The average molecular weight is 212 g/mol. The molecule has 1 aliphatic carbocycles. The normalized spacial score (nSPS) is 18.9. The lowest BCUT2D eigenvalue weighted by Crippen LogP contribution is -2.31. The van der Waals surface area contributed by atoms with Gasteiger partial charge in [-0.2, -0.15) is 0 Å². The molecule has 0 spiro atoms. The van der Waals surface area contributed by atoms with E-state index in [0.29, 0.717) is 6.42 Å². The molecule has 0 amide bonds. The molecular weight excluding hydrogens is 188 g/mol. The van der Waals surface area contributed by atoms with Crippen molar-refractivity contribution in [3.05, 3.63) is 0 Å². The van der Waals surface area contributed by atoms with E-state index in [9.17, 15) is 4.79 Å². The van der Waals surface area contributed by atoms with Gasteiger partial charge in [0.1, 0.15) is 0 Å². The van der Waals surface area contributed by atoms with Crippen LogP contribution in [0.4, 0.5) is 0 Å². The first-order valence-electron chi connectivity index (χ1n) is 6.21. The van der Waals surface area contributed by atoms with Crippen LogP contribution in [0.25, 0.3) is 0 Å². The highest BCUT2D eigenvalue weighted by Crippen LogP contribution is 2.64. The molecule has 0 bridgehead atoms. The van der Waals surface area contributed by atoms with Crippen molar-refractivity contribution < 1.29 is 9.90 Å².